The van der Waals surface area contributed by atoms with Gasteiger partial charge in [-0.05, 0) is 19.1 Å². The first kappa shape index (κ1) is 16.5. The summed E-state index contributed by atoms with van der Waals surface area (Å²) < 4.78 is 28.0. The Bertz CT molecular complexity index is 639. The van der Waals surface area contributed by atoms with E-state index in [0.717, 1.165) is 12.5 Å². The number of oxime groups is 1. The number of carbonyl (C=O) groups is 1. The number of rotatable bonds is 5. The van der Waals surface area contributed by atoms with Crippen molar-refractivity contribution in [2.24, 2.45) is 5.16 Å². The molecule has 0 aliphatic heterocycles. The van der Waals surface area contributed by atoms with Gasteiger partial charge in [0.1, 0.15) is 6.61 Å². The normalized spacial score (nSPS) is 11.6. The molecule has 0 saturated carbocycles. The molecule has 0 aliphatic carbocycles. The van der Waals surface area contributed by atoms with Gasteiger partial charge in [-0.2, -0.15) is 0 Å². The maximum Gasteiger partial charge on any atom is 0.339 e. The highest BCUT2D eigenvalue weighted by atomic mass is 35.5. The molecule has 0 heterocycles. The number of halogens is 1. The first-order valence-electron chi connectivity index (χ1n) is 5.59. The first-order valence-corrected chi connectivity index (χ1v) is 7.86. The Kier molecular flexibility index (Phi) is 5.52. The molecule has 0 N–H and O–H groups in total. The van der Waals surface area contributed by atoms with Crippen molar-refractivity contribution in [3.8, 4) is 0 Å². The van der Waals surface area contributed by atoms with Gasteiger partial charge in [0.15, 0.2) is 9.84 Å². The fourth-order valence-corrected chi connectivity index (χ4v) is 2.67. The zero-order valence-corrected chi connectivity index (χ0v) is 12.8. The Morgan fingerprint density at radius 1 is 1.45 bits per heavy atom. The third-order valence-electron chi connectivity index (χ3n) is 2.33. The second-order valence-corrected chi connectivity index (χ2v) is 6.12. The van der Waals surface area contributed by atoms with E-state index in [1.54, 1.807) is 6.92 Å². The number of sulfone groups is 1. The van der Waals surface area contributed by atoms with Crippen LogP contribution in [0.15, 0.2) is 22.2 Å². The number of benzene rings is 1. The summed E-state index contributed by atoms with van der Waals surface area (Å²) in [5.74, 6) is -0.666. The van der Waals surface area contributed by atoms with Crippen LogP contribution in [0.4, 0.5) is 0 Å². The molecule has 0 fully saturated rings. The molecule has 0 spiro atoms. The van der Waals surface area contributed by atoms with Crippen LogP contribution in [-0.4, -0.2) is 40.6 Å². The molecular weight excluding hydrogens is 306 g/mol. The molecule has 8 heteroatoms. The summed E-state index contributed by atoms with van der Waals surface area (Å²) in [5, 5.41) is 3.54. The zero-order chi connectivity index (χ0) is 15.3. The number of nitrogens with zero attached hydrogens (tertiary/aromatic N) is 1. The molecule has 0 aromatic heterocycles. The SMILES string of the molecule is CCO/N=C/c1c(S(C)(=O)=O)ccc(C(=O)OC)c1Cl. The highest BCUT2D eigenvalue weighted by Crippen LogP contribution is 2.27. The van der Waals surface area contributed by atoms with E-state index in [1.165, 1.54) is 19.2 Å². The van der Waals surface area contributed by atoms with E-state index in [0.29, 0.717) is 6.61 Å². The average molecular weight is 320 g/mol. The monoisotopic (exact) mass is 319 g/mol. The molecule has 0 unspecified atom stereocenters. The lowest BCUT2D eigenvalue weighted by Gasteiger charge is -2.09. The van der Waals surface area contributed by atoms with Crippen molar-refractivity contribution in [3.63, 3.8) is 0 Å². The minimum atomic E-state index is -3.53. The van der Waals surface area contributed by atoms with Crippen LogP contribution in [0.3, 0.4) is 0 Å². The topological polar surface area (TPSA) is 82.0 Å². The molecule has 0 atom stereocenters. The molecule has 1 rings (SSSR count). The second kappa shape index (κ2) is 6.71. The summed E-state index contributed by atoms with van der Waals surface area (Å²) in [5.41, 5.74) is 0.144. The fourth-order valence-electron chi connectivity index (χ4n) is 1.45. The molecule has 20 heavy (non-hydrogen) atoms. The van der Waals surface area contributed by atoms with Crippen LogP contribution in [-0.2, 0) is 19.4 Å². The minimum Gasteiger partial charge on any atom is -0.465 e. The molecule has 1 aromatic rings. The lowest BCUT2D eigenvalue weighted by atomic mass is 10.1. The van der Waals surface area contributed by atoms with Crippen LogP contribution < -0.4 is 0 Å². The summed E-state index contributed by atoms with van der Waals surface area (Å²) in [7, 11) is -2.32. The van der Waals surface area contributed by atoms with Crippen molar-refractivity contribution in [3.05, 3.63) is 28.3 Å². The van der Waals surface area contributed by atoms with Gasteiger partial charge in [0.2, 0.25) is 0 Å². The van der Waals surface area contributed by atoms with Crippen molar-refractivity contribution in [1.82, 2.24) is 0 Å². The molecule has 6 nitrogen and oxygen atoms in total. The Morgan fingerprint density at radius 3 is 2.60 bits per heavy atom. The molecule has 0 radical (unpaired) electrons. The smallest absolute Gasteiger partial charge is 0.339 e. The van der Waals surface area contributed by atoms with Gasteiger partial charge in [0, 0.05) is 11.8 Å². The Hall–Kier alpha value is -1.60. The van der Waals surface area contributed by atoms with Crippen molar-refractivity contribution in [1.29, 1.82) is 0 Å². The summed E-state index contributed by atoms with van der Waals surface area (Å²) >= 11 is 6.06. The number of carbonyl (C=O) groups excluding carboxylic acids is 1. The highest BCUT2D eigenvalue weighted by molar-refractivity contribution is 7.90. The Labute approximate surface area is 122 Å². The van der Waals surface area contributed by atoms with Gasteiger partial charge in [0.25, 0.3) is 0 Å². The predicted octanol–water partition coefficient (Wildman–Crippen LogP) is 1.90. The quantitative estimate of drug-likeness (QED) is 0.470. The van der Waals surface area contributed by atoms with Gasteiger partial charge in [-0.3, -0.25) is 0 Å². The van der Waals surface area contributed by atoms with Gasteiger partial charge in [-0.1, -0.05) is 16.8 Å². The minimum absolute atomic E-state index is 0.0430. The van der Waals surface area contributed by atoms with Crippen molar-refractivity contribution < 1.29 is 22.8 Å². The summed E-state index contributed by atoms with van der Waals surface area (Å²) in [6.45, 7) is 2.04. The molecule has 110 valence electrons. The number of ether oxygens (including phenoxy) is 1. The number of hydrogen-bond donors (Lipinski definition) is 0. The van der Waals surface area contributed by atoms with Crippen LogP contribution in [0, 0.1) is 0 Å². The number of esters is 1. The zero-order valence-electron chi connectivity index (χ0n) is 11.2. The van der Waals surface area contributed by atoms with E-state index in [2.05, 4.69) is 9.89 Å². The van der Waals surface area contributed by atoms with E-state index >= 15 is 0 Å². The van der Waals surface area contributed by atoms with Gasteiger partial charge >= 0.3 is 5.97 Å². The lowest BCUT2D eigenvalue weighted by Crippen LogP contribution is -2.08. The Morgan fingerprint density at radius 2 is 2.10 bits per heavy atom. The molecule has 0 bridgehead atoms. The van der Waals surface area contributed by atoms with Crippen LogP contribution in [0.25, 0.3) is 0 Å². The van der Waals surface area contributed by atoms with Crippen LogP contribution >= 0.6 is 11.6 Å². The van der Waals surface area contributed by atoms with Gasteiger partial charge in [-0.15, -0.1) is 0 Å². The molecule has 0 amide bonds. The van der Waals surface area contributed by atoms with Crippen LogP contribution in [0.2, 0.25) is 5.02 Å². The Balaban J connectivity index is 3.50. The fraction of sp³-hybridized carbons (Fsp3) is 0.333. The summed E-state index contributed by atoms with van der Waals surface area (Å²) in [4.78, 5) is 16.3. The maximum absolute atomic E-state index is 11.7. The van der Waals surface area contributed by atoms with Gasteiger partial charge in [0.05, 0.1) is 28.8 Å². The lowest BCUT2D eigenvalue weighted by molar-refractivity contribution is 0.0601. The van der Waals surface area contributed by atoms with Crippen LogP contribution in [0.1, 0.15) is 22.8 Å². The molecule has 0 aliphatic rings. The first-order chi connectivity index (χ1) is 9.32. The van der Waals surface area contributed by atoms with Crippen molar-refractivity contribution in [2.45, 2.75) is 11.8 Å². The largest absolute Gasteiger partial charge is 0.465 e. The van der Waals surface area contributed by atoms with E-state index in [4.69, 9.17) is 16.4 Å². The molecule has 1 aromatic carbocycles. The predicted molar refractivity (Wildman–Crippen MR) is 75.1 cm³/mol. The van der Waals surface area contributed by atoms with Crippen molar-refractivity contribution >= 4 is 33.6 Å². The third kappa shape index (κ3) is 3.71. The second-order valence-electron chi connectivity index (χ2n) is 3.75. The van der Waals surface area contributed by atoms with Crippen molar-refractivity contribution in [2.75, 3.05) is 20.0 Å². The third-order valence-corrected chi connectivity index (χ3v) is 3.89. The maximum atomic E-state index is 11.7. The standard InChI is InChI=1S/C12H14ClNO5S/c1-4-19-14-7-9-10(20(3,16)17)6-5-8(11(9)13)12(15)18-2/h5-7H,4H2,1-3H3/b14-7+. The van der Waals surface area contributed by atoms with Gasteiger partial charge in [-0.25, -0.2) is 13.2 Å². The van der Waals surface area contributed by atoms with E-state index < -0.39 is 15.8 Å². The van der Waals surface area contributed by atoms with E-state index in [-0.39, 0.29) is 21.0 Å². The van der Waals surface area contributed by atoms with Crippen LogP contribution in [0.5, 0.6) is 0 Å². The average Bonchev–Trinajstić information content (AvgIpc) is 2.38. The number of methoxy groups -OCH3 is 1. The highest BCUT2D eigenvalue weighted by Gasteiger charge is 2.21. The van der Waals surface area contributed by atoms with E-state index in [1.807, 2.05) is 0 Å². The van der Waals surface area contributed by atoms with Gasteiger partial charge < -0.3 is 9.57 Å². The summed E-state index contributed by atoms with van der Waals surface area (Å²) in [6, 6.07) is 2.57. The molecular formula is C12H14ClNO5S. The summed E-state index contributed by atoms with van der Waals surface area (Å²) in [6.07, 6.45) is 2.20. The van der Waals surface area contributed by atoms with E-state index in [9.17, 15) is 13.2 Å². The number of hydrogen-bond acceptors (Lipinski definition) is 6. The molecule has 0 saturated heterocycles.